The predicted molar refractivity (Wildman–Crippen MR) is 74.8 cm³/mol. The van der Waals surface area contributed by atoms with Gasteiger partial charge in [0.25, 0.3) is 5.91 Å². The number of rotatable bonds is 2. The van der Waals surface area contributed by atoms with Crippen molar-refractivity contribution in [1.82, 2.24) is 4.98 Å². The second-order valence-corrected chi connectivity index (χ2v) is 4.59. The molecule has 1 aromatic heterocycles. The van der Waals surface area contributed by atoms with Crippen LogP contribution in [0, 0.1) is 13.8 Å². The maximum atomic E-state index is 12.0. The molecule has 2 aromatic rings. The third-order valence-electron chi connectivity index (χ3n) is 2.83. The summed E-state index contributed by atoms with van der Waals surface area (Å²) in [7, 11) is 0. The molecule has 0 saturated heterocycles. The highest BCUT2D eigenvalue weighted by Crippen LogP contribution is 2.28. The minimum absolute atomic E-state index is 0.178. The van der Waals surface area contributed by atoms with E-state index in [0.717, 1.165) is 5.56 Å². The van der Waals surface area contributed by atoms with Crippen LogP contribution in [0.1, 0.15) is 21.6 Å². The molecule has 0 saturated carbocycles. The average molecular weight is 277 g/mol. The predicted octanol–water partition coefficient (Wildman–Crippen LogP) is 3.31. The number of aromatic hydroxyl groups is 1. The molecule has 1 heterocycles. The zero-order valence-electron chi connectivity index (χ0n) is 10.6. The molecule has 0 fully saturated rings. The molecule has 5 heteroatoms. The number of phenols is 1. The van der Waals surface area contributed by atoms with Crippen LogP contribution in [-0.4, -0.2) is 16.0 Å². The van der Waals surface area contributed by atoms with Gasteiger partial charge in [0.05, 0.1) is 0 Å². The molecule has 0 aliphatic rings. The quantitative estimate of drug-likeness (QED) is 0.827. The van der Waals surface area contributed by atoms with Gasteiger partial charge >= 0.3 is 0 Å². The molecule has 98 valence electrons. The number of carbonyl (C=O) groups is 1. The Labute approximate surface area is 116 Å². The summed E-state index contributed by atoms with van der Waals surface area (Å²) in [5, 5.41) is 12.8. The molecule has 0 radical (unpaired) electrons. The summed E-state index contributed by atoms with van der Waals surface area (Å²) >= 11 is 5.74. The number of benzene rings is 1. The van der Waals surface area contributed by atoms with Gasteiger partial charge in [-0.15, -0.1) is 0 Å². The molecule has 0 atom stereocenters. The molecule has 2 N–H and O–H groups in total. The largest absolute Gasteiger partial charge is 0.507 e. The van der Waals surface area contributed by atoms with E-state index in [2.05, 4.69) is 10.3 Å². The molecule has 1 amide bonds. The minimum atomic E-state index is -0.367. The van der Waals surface area contributed by atoms with Gasteiger partial charge in [0.15, 0.2) is 0 Å². The minimum Gasteiger partial charge on any atom is -0.507 e. The maximum Gasteiger partial charge on any atom is 0.274 e. The number of anilines is 1. The SMILES string of the molecule is Cc1ccc(NC(=O)c2cccc(Cl)n2)c(C)c1O. The summed E-state index contributed by atoms with van der Waals surface area (Å²) in [5.74, 6) is -0.189. The highest BCUT2D eigenvalue weighted by molar-refractivity contribution is 6.29. The van der Waals surface area contributed by atoms with Crippen LogP contribution in [0.5, 0.6) is 5.75 Å². The number of phenolic OH excluding ortho intramolecular Hbond substituents is 1. The molecular formula is C14H13ClN2O2. The number of aryl methyl sites for hydroxylation is 1. The van der Waals surface area contributed by atoms with Crippen molar-refractivity contribution in [1.29, 1.82) is 0 Å². The lowest BCUT2D eigenvalue weighted by Gasteiger charge is -2.11. The smallest absolute Gasteiger partial charge is 0.274 e. The van der Waals surface area contributed by atoms with Gasteiger partial charge in [0.2, 0.25) is 0 Å². The Morgan fingerprint density at radius 1 is 1.26 bits per heavy atom. The summed E-state index contributed by atoms with van der Waals surface area (Å²) in [5.41, 5.74) is 2.16. The molecule has 2 rings (SSSR count). The first kappa shape index (κ1) is 13.4. The topological polar surface area (TPSA) is 62.2 Å². The number of hydrogen-bond donors (Lipinski definition) is 2. The average Bonchev–Trinajstić information content (AvgIpc) is 2.39. The molecular weight excluding hydrogens is 264 g/mol. The van der Waals surface area contributed by atoms with Gasteiger partial charge in [0.1, 0.15) is 16.6 Å². The standard InChI is InChI=1S/C14H13ClN2O2/c1-8-6-7-10(9(2)13(8)18)17-14(19)11-4-3-5-12(15)16-11/h3-7,18H,1-2H3,(H,17,19). The van der Waals surface area contributed by atoms with Crippen LogP contribution in [0.15, 0.2) is 30.3 Å². The van der Waals surface area contributed by atoms with Crippen molar-refractivity contribution in [2.24, 2.45) is 0 Å². The summed E-state index contributed by atoms with van der Waals surface area (Å²) in [4.78, 5) is 15.9. The third-order valence-corrected chi connectivity index (χ3v) is 3.04. The van der Waals surface area contributed by atoms with E-state index in [1.165, 1.54) is 0 Å². The number of nitrogens with zero attached hydrogens (tertiary/aromatic N) is 1. The van der Waals surface area contributed by atoms with Crippen LogP contribution in [0.2, 0.25) is 5.15 Å². The van der Waals surface area contributed by atoms with Gasteiger partial charge in [-0.3, -0.25) is 4.79 Å². The maximum absolute atomic E-state index is 12.0. The van der Waals surface area contributed by atoms with E-state index < -0.39 is 0 Å². The van der Waals surface area contributed by atoms with Gasteiger partial charge in [-0.1, -0.05) is 23.7 Å². The fourth-order valence-electron chi connectivity index (χ4n) is 1.69. The van der Waals surface area contributed by atoms with Crippen LogP contribution in [0.25, 0.3) is 0 Å². The first-order valence-electron chi connectivity index (χ1n) is 5.72. The number of amides is 1. The van der Waals surface area contributed by atoms with Crippen molar-refractivity contribution in [2.45, 2.75) is 13.8 Å². The van der Waals surface area contributed by atoms with Crippen LogP contribution in [0.3, 0.4) is 0 Å². The highest BCUT2D eigenvalue weighted by atomic mass is 35.5. The lowest BCUT2D eigenvalue weighted by Crippen LogP contribution is -2.14. The van der Waals surface area contributed by atoms with Gasteiger partial charge in [0, 0.05) is 11.3 Å². The van der Waals surface area contributed by atoms with Crippen molar-refractivity contribution in [2.75, 3.05) is 5.32 Å². The van der Waals surface area contributed by atoms with E-state index in [1.807, 2.05) is 0 Å². The zero-order chi connectivity index (χ0) is 14.0. The monoisotopic (exact) mass is 276 g/mol. The Morgan fingerprint density at radius 2 is 2.00 bits per heavy atom. The molecule has 0 aliphatic carbocycles. The number of pyridine rings is 1. The van der Waals surface area contributed by atoms with Crippen LogP contribution < -0.4 is 5.32 Å². The Bertz CT molecular complexity index is 641. The van der Waals surface area contributed by atoms with Crippen molar-refractivity contribution in [3.63, 3.8) is 0 Å². The molecule has 19 heavy (non-hydrogen) atoms. The van der Waals surface area contributed by atoms with Gasteiger partial charge < -0.3 is 10.4 Å². The number of hydrogen-bond acceptors (Lipinski definition) is 3. The van der Waals surface area contributed by atoms with Gasteiger partial charge in [-0.2, -0.15) is 0 Å². The fraction of sp³-hybridized carbons (Fsp3) is 0.143. The second-order valence-electron chi connectivity index (χ2n) is 4.20. The molecule has 0 spiro atoms. The Hall–Kier alpha value is -2.07. The van der Waals surface area contributed by atoms with Crippen molar-refractivity contribution in [3.8, 4) is 5.75 Å². The normalized spacial score (nSPS) is 10.3. The van der Waals surface area contributed by atoms with E-state index in [4.69, 9.17) is 11.6 Å². The summed E-state index contributed by atoms with van der Waals surface area (Å²) < 4.78 is 0. The second kappa shape index (κ2) is 5.28. The first-order chi connectivity index (χ1) is 8.99. The van der Waals surface area contributed by atoms with Crippen LogP contribution in [0.4, 0.5) is 5.69 Å². The molecule has 0 bridgehead atoms. The number of carbonyl (C=O) groups excluding carboxylic acids is 1. The summed E-state index contributed by atoms with van der Waals surface area (Å²) in [6.45, 7) is 3.54. The number of halogens is 1. The Kier molecular flexibility index (Phi) is 3.71. The zero-order valence-corrected chi connectivity index (χ0v) is 11.3. The van der Waals surface area contributed by atoms with E-state index in [9.17, 15) is 9.90 Å². The lowest BCUT2D eigenvalue weighted by molar-refractivity contribution is 0.102. The van der Waals surface area contributed by atoms with Gasteiger partial charge in [-0.05, 0) is 37.6 Å². The number of nitrogens with one attached hydrogen (secondary N) is 1. The summed E-state index contributed by atoms with van der Waals surface area (Å²) in [6, 6.07) is 8.31. The summed E-state index contributed by atoms with van der Waals surface area (Å²) in [6.07, 6.45) is 0. The van der Waals surface area contributed by atoms with E-state index >= 15 is 0 Å². The molecule has 0 unspecified atom stereocenters. The van der Waals surface area contributed by atoms with E-state index in [-0.39, 0.29) is 22.5 Å². The van der Waals surface area contributed by atoms with Crippen molar-refractivity contribution < 1.29 is 9.90 Å². The Morgan fingerprint density at radius 3 is 2.68 bits per heavy atom. The molecule has 0 aliphatic heterocycles. The Balaban J connectivity index is 2.27. The molecule has 1 aromatic carbocycles. The lowest BCUT2D eigenvalue weighted by atomic mass is 10.1. The molecule has 4 nitrogen and oxygen atoms in total. The van der Waals surface area contributed by atoms with E-state index in [0.29, 0.717) is 11.3 Å². The van der Waals surface area contributed by atoms with E-state index in [1.54, 1.807) is 44.2 Å². The van der Waals surface area contributed by atoms with Crippen molar-refractivity contribution >= 4 is 23.2 Å². The van der Waals surface area contributed by atoms with Crippen LogP contribution >= 0.6 is 11.6 Å². The number of aromatic nitrogens is 1. The van der Waals surface area contributed by atoms with Gasteiger partial charge in [-0.25, -0.2) is 4.98 Å². The first-order valence-corrected chi connectivity index (χ1v) is 6.10. The van der Waals surface area contributed by atoms with Crippen LogP contribution in [-0.2, 0) is 0 Å². The fourth-order valence-corrected chi connectivity index (χ4v) is 1.86. The third kappa shape index (κ3) is 2.85. The highest BCUT2D eigenvalue weighted by Gasteiger charge is 2.12. The van der Waals surface area contributed by atoms with Crippen molar-refractivity contribution in [3.05, 3.63) is 52.3 Å².